The Morgan fingerprint density at radius 1 is 1.08 bits per heavy atom. The van der Waals surface area contributed by atoms with Gasteiger partial charge >= 0.3 is 0 Å². The molecule has 2 unspecified atom stereocenters. The quantitative estimate of drug-likeness (QED) is 0.802. The maximum Gasteiger partial charge on any atom is 0.150 e. The Morgan fingerprint density at radius 2 is 1.68 bits per heavy atom. The molecular formula is C22H32N2O. The maximum atomic E-state index is 13.2. The zero-order chi connectivity index (χ0) is 17.8. The summed E-state index contributed by atoms with van der Waals surface area (Å²) in [6.07, 6.45) is 3.75. The Morgan fingerprint density at radius 3 is 2.20 bits per heavy atom. The third-order valence-electron chi connectivity index (χ3n) is 6.75. The number of Topliss-reactive ketones (excluding diaryl/α,β-unsaturated/α-hetero) is 1. The highest BCUT2D eigenvalue weighted by molar-refractivity contribution is 5.93. The Labute approximate surface area is 152 Å². The van der Waals surface area contributed by atoms with Crippen LogP contribution >= 0.6 is 0 Å². The van der Waals surface area contributed by atoms with Crippen molar-refractivity contribution in [3.8, 4) is 0 Å². The predicted molar refractivity (Wildman–Crippen MR) is 101 cm³/mol. The molecule has 1 aromatic rings. The van der Waals surface area contributed by atoms with E-state index < -0.39 is 0 Å². The molecule has 0 aromatic heterocycles. The van der Waals surface area contributed by atoms with Gasteiger partial charge in [-0.15, -0.1) is 0 Å². The number of piperidine rings is 2. The molecule has 0 spiro atoms. The largest absolute Gasteiger partial charge is 0.298 e. The molecule has 25 heavy (non-hydrogen) atoms. The third kappa shape index (κ3) is 2.59. The van der Waals surface area contributed by atoms with E-state index in [0.717, 1.165) is 39.0 Å². The monoisotopic (exact) mass is 340 g/mol. The van der Waals surface area contributed by atoms with Crippen molar-refractivity contribution in [2.75, 3.05) is 26.2 Å². The first-order valence-corrected chi connectivity index (χ1v) is 10.0. The molecule has 4 bridgehead atoms. The van der Waals surface area contributed by atoms with E-state index in [9.17, 15) is 4.79 Å². The van der Waals surface area contributed by atoms with Crippen molar-refractivity contribution >= 4 is 5.78 Å². The highest BCUT2D eigenvalue weighted by Crippen LogP contribution is 2.53. The summed E-state index contributed by atoms with van der Waals surface area (Å²) < 4.78 is 0. The third-order valence-corrected chi connectivity index (χ3v) is 6.75. The highest BCUT2D eigenvalue weighted by Gasteiger charge is 2.63. The van der Waals surface area contributed by atoms with Crippen LogP contribution < -0.4 is 0 Å². The van der Waals surface area contributed by atoms with Crippen LogP contribution in [0.5, 0.6) is 0 Å². The fourth-order valence-corrected chi connectivity index (χ4v) is 5.65. The lowest BCUT2D eigenvalue weighted by Crippen LogP contribution is -2.76. The topological polar surface area (TPSA) is 23.6 Å². The molecule has 1 aromatic carbocycles. The molecule has 5 rings (SSSR count). The first kappa shape index (κ1) is 17.2. The van der Waals surface area contributed by atoms with Crippen LogP contribution in [0.15, 0.2) is 24.3 Å². The summed E-state index contributed by atoms with van der Waals surface area (Å²) in [6.45, 7) is 12.7. The summed E-state index contributed by atoms with van der Waals surface area (Å²) in [4.78, 5) is 18.4. The fourth-order valence-electron chi connectivity index (χ4n) is 5.65. The van der Waals surface area contributed by atoms with Crippen molar-refractivity contribution in [1.29, 1.82) is 0 Å². The average Bonchev–Trinajstić information content (AvgIpc) is 2.57. The Hall–Kier alpha value is -1.19. The second-order valence-corrected chi connectivity index (χ2v) is 9.28. The molecule has 4 saturated heterocycles. The van der Waals surface area contributed by atoms with Crippen molar-refractivity contribution in [2.24, 2.45) is 10.8 Å². The molecule has 4 aliphatic heterocycles. The predicted octanol–water partition coefficient (Wildman–Crippen LogP) is 4.21. The summed E-state index contributed by atoms with van der Waals surface area (Å²) in [5.74, 6) is 1.12. The van der Waals surface area contributed by atoms with E-state index in [0.29, 0.717) is 17.9 Å². The van der Waals surface area contributed by atoms with Crippen molar-refractivity contribution in [1.82, 2.24) is 9.80 Å². The van der Waals surface area contributed by atoms with Crippen LogP contribution in [0.3, 0.4) is 0 Å². The van der Waals surface area contributed by atoms with Crippen LogP contribution in [-0.4, -0.2) is 41.8 Å². The molecule has 4 aliphatic rings. The smallest absolute Gasteiger partial charge is 0.150 e. The van der Waals surface area contributed by atoms with Gasteiger partial charge in [-0.1, -0.05) is 64.8 Å². The van der Waals surface area contributed by atoms with Gasteiger partial charge in [-0.05, 0) is 23.5 Å². The van der Waals surface area contributed by atoms with Crippen LogP contribution in [0.25, 0.3) is 0 Å². The van der Waals surface area contributed by atoms with E-state index in [2.05, 4.69) is 61.8 Å². The summed E-state index contributed by atoms with van der Waals surface area (Å²) in [6, 6.07) is 9.19. The van der Waals surface area contributed by atoms with E-state index in [1.165, 1.54) is 17.5 Å². The molecule has 0 amide bonds. The highest BCUT2D eigenvalue weighted by atomic mass is 16.1. The van der Waals surface area contributed by atoms with E-state index in [1.54, 1.807) is 0 Å². The number of benzene rings is 1. The summed E-state index contributed by atoms with van der Waals surface area (Å²) in [5.41, 5.74) is 2.51. The minimum absolute atomic E-state index is 0.115. The van der Waals surface area contributed by atoms with Gasteiger partial charge in [0.15, 0.2) is 0 Å². The van der Waals surface area contributed by atoms with Gasteiger partial charge in [0, 0.05) is 26.2 Å². The van der Waals surface area contributed by atoms with E-state index in [1.807, 2.05) is 0 Å². The molecule has 4 heterocycles. The maximum absolute atomic E-state index is 13.2. The molecule has 0 saturated carbocycles. The zero-order valence-corrected chi connectivity index (χ0v) is 16.2. The van der Waals surface area contributed by atoms with Crippen molar-refractivity contribution in [3.05, 3.63) is 35.4 Å². The average molecular weight is 341 g/mol. The summed E-state index contributed by atoms with van der Waals surface area (Å²) in [7, 11) is 0. The van der Waals surface area contributed by atoms with E-state index >= 15 is 0 Å². The second-order valence-electron chi connectivity index (χ2n) is 9.28. The van der Waals surface area contributed by atoms with E-state index in [4.69, 9.17) is 0 Å². The van der Waals surface area contributed by atoms with Crippen molar-refractivity contribution in [2.45, 2.75) is 59.0 Å². The van der Waals surface area contributed by atoms with Gasteiger partial charge in [-0.3, -0.25) is 14.6 Å². The Kier molecular flexibility index (Phi) is 4.08. The fraction of sp³-hybridized carbons (Fsp3) is 0.682. The number of hydrogen-bond donors (Lipinski definition) is 0. The molecule has 4 fully saturated rings. The second kappa shape index (κ2) is 5.92. The first-order chi connectivity index (χ1) is 11.9. The number of nitrogens with zero attached hydrogens (tertiary/aromatic N) is 2. The molecule has 3 nitrogen and oxygen atoms in total. The van der Waals surface area contributed by atoms with Gasteiger partial charge < -0.3 is 0 Å². The molecule has 2 atom stereocenters. The lowest BCUT2D eigenvalue weighted by molar-refractivity contribution is -0.201. The van der Waals surface area contributed by atoms with Crippen LogP contribution in [0, 0.1) is 10.8 Å². The zero-order valence-electron chi connectivity index (χ0n) is 16.2. The van der Waals surface area contributed by atoms with Crippen molar-refractivity contribution in [3.63, 3.8) is 0 Å². The standard InChI is InChI=1S/C22H32N2O/c1-5-6-11-22-14-23-12-21(4,20(22)25)13-24(15-22)19(23)18-9-7-17(8-10-18)16(2)3/h7-10,16,19H,5-6,11-15H2,1-4H3. The van der Waals surface area contributed by atoms with Gasteiger partial charge in [0.2, 0.25) is 0 Å². The number of carbonyl (C=O) groups excluding carboxylic acids is 1. The number of ketones is 1. The number of carbonyl (C=O) groups is 1. The lowest BCUT2D eigenvalue weighted by atomic mass is 9.59. The van der Waals surface area contributed by atoms with Crippen LogP contribution in [0.4, 0.5) is 0 Å². The molecule has 0 N–H and O–H groups in total. The van der Waals surface area contributed by atoms with E-state index in [-0.39, 0.29) is 10.8 Å². The van der Waals surface area contributed by atoms with Crippen LogP contribution in [0.2, 0.25) is 0 Å². The summed E-state index contributed by atoms with van der Waals surface area (Å²) in [5, 5.41) is 0. The molecular weight excluding hydrogens is 308 g/mol. The van der Waals surface area contributed by atoms with Crippen LogP contribution in [-0.2, 0) is 4.79 Å². The molecule has 136 valence electrons. The number of unbranched alkanes of at least 4 members (excludes halogenated alkanes) is 1. The number of rotatable bonds is 5. The molecule has 0 aliphatic carbocycles. The van der Waals surface area contributed by atoms with Gasteiger partial charge in [0.25, 0.3) is 0 Å². The molecule has 3 heteroatoms. The van der Waals surface area contributed by atoms with Gasteiger partial charge in [0.05, 0.1) is 17.0 Å². The normalized spacial score (nSPS) is 39.4. The Bertz CT molecular complexity index is 647. The molecule has 0 radical (unpaired) electrons. The number of hydrogen-bond acceptors (Lipinski definition) is 3. The van der Waals surface area contributed by atoms with Gasteiger partial charge in [0.1, 0.15) is 5.78 Å². The SMILES string of the molecule is CCCCC12CN3CC(C)(CN(C1)C3c1ccc(C(C)C)cc1)C2=O. The van der Waals surface area contributed by atoms with Gasteiger partial charge in [-0.25, -0.2) is 0 Å². The van der Waals surface area contributed by atoms with Crippen molar-refractivity contribution < 1.29 is 4.79 Å². The van der Waals surface area contributed by atoms with Gasteiger partial charge in [-0.2, -0.15) is 0 Å². The minimum Gasteiger partial charge on any atom is -0.298 e. The van der Waals surface area contributed by atoms with Crippen LogP contribution in [0.1, 0.15) is 70.2 Å². The Balaban J connectivity index is 1.64. The lowest BCUT2D eigenvalue weighted by Gasteiger charge is -2.65. The first-order valence-electron chi connectivity index (χ1n) is 10.0. The minimum atomic E-state index is -0.168. The summed E-state index contributed by atoms with van der Waals surface area (Å²) >= 11 is 0.